The van der Waals surface area contributed by atoms with E-state index in [2.05, 4.69) is 15.3 Å². The third kappa shape index (κ3) is 4.37. The Bertz CT molecular complexity index is 688. The van der Waals surface area contributed by atoms with Crippen molar-refractivity contribution < 1.29 is 32.9 Å². The highest BCUT2D eigenvalue weighted by atomic mass is 32.2. The van der Waals surface area contributed by atoms with E-state index in [9.17, 15) is 23.4 Å². The Morgan fingerprint density at radius 2 is 2.07 bits per heavy atom. The predicted molar refractivity (Wildman–Crippen MR) is 92.2 cm³/mol. The summed E-state index contributed by atoms with van der Waals surface area (Å²) in [5, 5.41) is 23.7. The lowest BCUT2D eigenvalue weighted by Gasteiger charge is -2.41. The van der Waals surface area contributed by atoms with E-state index in [-0.39, 0.29) is 6.61 Å². The van der Waals surface area contributed by atoms with Gasteiger partial charge in [0.1, 0.15) is 29.8 Å². The van der Waals surface area contributed by atoms with Gasteiger partial charge in [-0.05, 0) is 18.6 Å². The quantitative estimate of drug-likeness (QED) is 0.685. The second-order valence-corrected chi connectivity index (χ2v) is 7.41. The van der Waals surface area contributed by atoms with Crippen LogP contribution < -0.4 is 5.32 Å². The van der Waals surface area contributed by atoms with Crippen LogP contribution in [0.4, 0.5) is 13.2 Å². The molecule has 150 valence electrons. The molecule has 27 heavy (non-hydrogen) atoms. The van der Waals surface area contributed by atoms with Crippen molar-refractivity contribution in [3.63, 3.8) is 0 Å². The van der Waals surface area contributed by atoms with Crippen LogP contribution in [0.5, 0.6) is 0 Å². The zero-order chi connectivity index (χ0) is 19.8. The fourth-order valence-electron chi connectivity index (χ4n) is 2.90. The number of aliphatic hydroxyl groups is 2. The summed E-state index contributed by atoms with van der Waals surface area (Å²) in [5.74, 6) is 0. The minimum Gasteiger partial charge on any atom is -0.388 e. The number of rotatable bonds is 4. The normalized spacial score (nSPS) is 32.0. The van der Waals surface area contributed by atoms with Crippen LogP contribution in [0, 0.1) is 6.92 Å². The molecular formula is C16H20F3N3O4S. The average molecular weight is 407 g/mol. The first-order chi connectivity index (χ1) is 12.7. The van der Waals surface area contributed by atoms with Gasteiger partial charge in [-0.25, -0.2) is 0 Å². The lowest BCUT2D eigenvalue weighted by Crippen LogP contribution is -2.61. The van der Waals surface area contributed by atoms with Gasteiger partial charge < -0.3 is 25.0 Å². The second-order valence-electron chi connectivity index (χ2n) is 6.32. The SMILES string of the molecule is CNC1=N[C@@H]2[C@@H](O)[C@H](O)C([C@@H](OCc3ccc(C)nc3)C(F)(F)F)O[C@@H]2S1. The number of aliphatic imine (C=N–C) groups is 1. The highest BCUT2D eigenvalue weighted by Gasteiger charge is 2.57. The number of nitrogens with zero attached hydrogens (tertiary/aromatic N) is 2. The maximum atomic E-state index is 13.6. The average Bonchev–Trinajstić information content (AvgIpc) is 3.03. The van der Waals surface area contributed by atoms with Crippen LogP contribution in [-0.4, -0.2) is 69.5 Å². The molecule has 0 bridgehead atoms. The molecule has 0 saturated carbocycles. The topological polar surface area (TPSA) is 96.2 Å². The molecule has 2 aliphatic heterocycles. The number of ether oxygens (including phenoxy) is 2. The molecule has 2 aliphatic rings. The number of pyridine rings is 1. The Balaban J connectivity index is 1.75. The molecule has 3 rings (SSSR count). The molecule has 3 heterocycles. The van der Waals surface area contributed by atoms with Gasteiger partial charge in [0.15, 0.2) is 11.3 Å². The van der Waals surface area contributed by atoms with Crippen molar-refractivity contribution in [1.82, 2.24) is 10.3 Å². The molecule has 1 saturated heterocycles. The maximum absolute atomic E-state index is 13.6. The number of fused-ring (bicyclic) bond motifs is 1. The first-order valence-electron chi connectivity index (χ1n) is 8.24. The van der Waals surface area contributed by atoms with Crippen molar-refractivity contribution in [2.45, 2.75) is 55.6 Å². The minimum absolute atomic E-state index is 0.361. The highest BCUT2D eigenvalue weighted by Crippen LogP contribution is 2.40. The molecule has 1 fully saturated rings. The smallest absolute Gasteiger partial charge is 0.388 e. The van der Waals surface area contributed by atoms with Crippen molar-refractivity contribution in [2.75, 3.05) is 7.05 Å². The van der Waals surface area contributed by atoms with Gasteiger partial charge in [0.2, 0.25) is 0 Å². The van der Waals surface area contributed by atoms with Crippen molar-refractivity contribution >= 4 is 16.9 Å². The van der Waals surface area contributed by atoms with E-state index in [0.717, 1.165) is 17.5 Å². The van der Waals surface area contributed by atoms with Gasteiger partial charge in [-0.15, -0.1) is 0 Å². The Morgan fingerprint density at radius 3 is 2.67 bits per heavy atom. The molecule has 1 aromatic heterocycles. The third-order valence-corrected chi connectivity index (χ3v) is 5.49. The van der Waals surface area contributed by atoms with Crippen LogP contribution >= 0.6 is 11.8 Å². The largest absolute Gasteiger partial charge is 0.417 e. The second kappa shape index (κ2) is 7.92. The molecule has 0 amide bonds. The Morgan fingerprint density at radius 1 is 1.33 bits per heavy atom. The molecule has 7 nitrogen and oxygen atoms in total. The molecule has 0 spiro atoms. The lowest BCUT2D eigenvalue weighted by atomic mass is 9.94. The number of hydrogen-bond donors (Lipinski definition) is 3. The summed E-state index contributed by atoms with van der Waals surface area (Å²) >= 11 is 1.06. The van der Waals surface area contributed by atoms with Gasteiger partial charge in [-0.2, -0.15) is 13.2 Å². The summed E-state index contributed by atoms with van der Waals surface area (Å²) in [6, 6.07) is 2.42. The number of amidine groups is 1. The number of nitrogens with one attached hydrogen (secondary N) is 1. The van der Waals surface area contributed by atoms with Crippen molar-refractivity contribution in [1.29, 1.82) is 0 Å². The predicted octanol–water partition coefficient (Wildman–Crippen LogP) is 0.975. The number of hydrogen-bond acceptors (Lipinski definition) is 8. The van der Waals surface area contributed by atoms with Gasteiger partial charge in [0, 0.05) is 18.9 Å². The van der Waals surface area contributed by atoms with Gasteiger partial charge >= 0.3 is 6.18 Å². The molecule has 11 heteroatoms. The zero-order valence-corrected chi connectivity index (χ0v) is 15.4. The highest BCUT2D eigenvalue weighted by molar-refractivity contribution is 8.14. The fraction of sp³-hybridized carbons (Fsp3) is 0.625. The number of alkyl halides is 3. The summed E-state index contributed by atoms with van der Waals surface area (Å²) in [4.78, 5) is 8.13. The first-order valence-corrected chi connectivity index (χ1v) is 9.12. The van der Waals surface area contributed by atoms with E-state index < -0.39 is 42.1 Å². The fourth-order valence-corrected chi connectivity index (χ4v) is 3.97. The zero-order valence-electron chi connectivity index (χ0n) is 14.6. The van der Waals surface area contributed by atoms with E-state index in [1.165, 1.54) is 6.20 Å². The van der Waals surface area contributed by atoms with Crippen LogP contribution in [0.3, 0.4) is 0 Å². The first kappa shape index (κ1) is 20.3. The van der Waals surface area contributed by atoms with Gasteiger partial charge in [-0.3, -0.25) is 9.98 Å². The summed E-state index contributed by atoms with van der Waals surface area (Å²) in [5.41, 5.74) is 0.338. The van der Waals surface area contributed by atoms with E-state index in [0.29, 0.717) is 10.7 Å². The maximum Gasteiger partial charge on any atom is 0.417 e. The summed E-state index contributed by atoms with van der Waals surface area (Å²) < 4.78 is 51.3. The van der Waals surface area contributed by atoms with Crippen LogP contribution in [0.15, 0.2) is 23.3 Å². The van der Waals surface area contributed by atoms with Crippen molar-refractivity contribution in [2.24, 2.45) is 4.99 Å². The molecule has 1 aromatic rings. The molecule has 6 atom stereocenters. The van der Waals surface area contributed by atoms with Gasteiger partial charge in [0.25, 0.3) is 0 Å². The van der Waals surface area contributed by atoms with Gasteiger partial charge in [0.05, 0.1) is 6.61 Å². The molecular weight excluding hydrogens is 387 g/mol. The summed E-state index contributed by atoms with van der Waals surface area (Å²) in [6.45, 7) is 1.40. The number of aryl methyl sites for hydroxylation is 1. The van der Waals surface area contributed by atoms with E-state index in [1.54, 1.807) is 26.1 Å². The van der Waals surface area contributed by atoms with Crippen molar-refractivity contribution in [3.05, 3.63) is 29.6 Å². The third-order valence-electron chi connectivity index (χ3n) is 4.34. The lowest BCUT2D eigenvalue weighted by molar-refractivity contribution is -0.286. The summed E-state index contributed by atoms with van der Waals surface area (Å²) in [7, 11) is 1.60. The standard InChI is InChI=1S/C16H20F3N3O4S/c1-7-3-4-8(5-21-7)6-25-13(16(17,18)19)12-11(24)10(23)9-14(26-12)27-15(20-2)22-9/h3-5,9-14,23-24H,6H2,1-2H3,(H,20,22)/t9-,10-,11+,12?,13-,14-/m1/s1. The number of thioether (sulfide) groups is 1. The minimum atomic E-state index is -4.80. The Kier molecular flexibility index (Phi) is 5.96. The van der Waals surface area contributed by atoms with Crippen LogP contribution in [0.2, 0.25) is 0 Å². The summed E-state index contributed by atoms with van der Waals surface area (Å²) in [6.07, 6.45) is -10.9. The molecule has 0 radical (unpaired) electrons. The monoisotopic (exact) mass is 407 g/mol. The van der Waals surface area contributed by atoms with Crippen LogP contribution in [0.25, 0.3) is 0 Å². The Labute approximate surface area is 158 Å². The van der Waals surface area contributed by atoms with E-state index in [4.69, 9.17) is 9.47 Å². The van der Waals surface area contributed by atoms with E-state index >= 15 is 0 Å². The van der Waals surface area contributed by atoms with Crippen LogP contribution in [0.1, 0.15) is 11.3 Å². The van der Waals surface area contributed by atoms with E-state index in [1.807, 2.05) is 0 Å². The molecule has 0 aliphatic carbocycles. The molecule has 1 unspecified atom stereocenters. The number of aromatic nitrogens is 1. The number of aliphatic hydroxyl groups excluding tert-OH is 2. The van der Waals surface area contributed by atoms with Crippen molar-refractivity contribution in [3.8, 4) is 0 Å². The Hall–Kier alpha value is -1.40. The van der Waals surface area contributed by atoms with Crippen LogP contribution in [-0.2, 0) is 16.1 Å². The number of halogens is 3. The molecule has 3 N–H and O–H groups in total. The van der Waals surface area contributed by atoms with Gasteiger partial charge in [-0.1, -0.05) is 17.8 Å². The molecule has 0 aromatic carbocycles.